The second-order valence-corrected chi connectivity index (χ2v) is 4.61. The van der Waals surface area contributed by atoms with E-state index in [1.807, 2.05) is 30.3 Å². The van der Waals surface area contributed by atoms with Gasteiger partial charge < -0.3 is 4.74 Å². The van der Waals surface area contributed by atoms with Gasteiger partial charge in [-0.1, -0.05) is 18.2 Å². The average molecular weight is 327 g/mol. The van der Waals surface area contributed by atoms with Gasteiger partial charge in [-0.15, -0.1) is 0 Å². The van der Waals surface area contributed by atoms with Crippen LogP contribution in [0.1, 0.15) is 0 Å². The van der Waals surface area contributed by atoms with Crippen LogP contribution >= 0.6 is 0 Å². The molecule has 1 amide bonds. The molecule has 0 unspecified atom stereocenters. The number of benzene rings is 2. The number of hydrogen-bond acceptors (Lipinski definition) is 6. The zero-order valence-corrected chi connectivity index (χ0v) is 12.2. The van der Waals surface area contributed by atoms with Crippen molar-refractivity contribution in [1.29, 1.82) is 0 Å². The number of non-ortho nitro benzene ring substituents is 1. The Morgan fingerprint density at radius 1 is 1.17 bits per heavy atom. The average Bonchev–Trinajstić information content (AvgIpc) is 3.04. The number of aromatic nitrogens is 2. The third-order valence-electron chi connectivity index (χ3n) is 2.97. The van der Waals surface area contributed by atoms with E-state index >= 15 is 0 Å². The lowest BCUT2D eigenvalue weighted by atomic mass is 10.3. The molecule has 1 heterocycles. The van der Waals surface area contributed by atoms with Crippen LogP contribution in [0.2, 0.25) is 0 Å². The number of nitro benzene ring substituents is 1. The van der Waals surface area contributed by atoms with Crippen molar-refractivity contribution in [2.75, 3.05) is 5.32 Å². The molecule has 0 bridgehead atoms. The molecule has 9 nitrogen and oxygen atoms in total. The first-order valence-corrected chi connectivity index (χ1v) is 6.79. The van der Waals surface area contributed by atoms with E-state index in [0.29, 0.717) is 0 Å². The van der Waals surface area contributed by atoms with Gasteiger partial charge in [-0.2, -0.15) is 0 Å². The Balaban J connectivity index is 1.63. The molecule has 0 saturated carbocycles. The summed E-state index contributed by atoms with van der Waals surface area (Å²) in [6, 6.07) is 14.3. The summed E-state index contributed by atoms with van der Waals surface area (Å²) >= 11 is 0. The first kappa shape index (κ1) is 15.2. The Hall–Kier alpha value is -3.75. The van der Waals surface area contributed by atoms with Crippen molar-refractivity contribution in [3.63, 3.8) is 0 Å². The van der Waals surface area contributed by atoms with Gasteiger partial charge in [0.1, 0.15) is 5.75 Å². The van der Waals surface area contributed by atoms with Crippen LogP contribution in [-0.4, -0.2) is 16.3 Å². The lowest BCUT2D eigenvalue weighted by Crippen LogP contribution is -2.31. The van der Waals surface area contributed by atoms with Gasteiger partial charge >= 0.3 is 12.0 Å². The van der Waals surface area contributed by atoms with Gasteiger partial charge in [0.05, 0.1) is 4.92 Å². The van der Waals surface area contributed by atoms with Crippen LogP contribution < -0.4 is 14.7 Å². The summed E-state index contributed by atoms with van der Waals surface area (Å²) in [4.78, 5) is 21.8. The van der Waals surface area contributed by atoms with E-state index in [9.17, 15) is 14.9 Å². The molecule has 3 aromatic rings. The Morgan fingerprint density at radius 2 is 1.88 bits per heavy atom. The number of para-hydroxylation sites is 1. The molecule has 0 saturated heterocycles. The van der Waals surface area contributed by atoms with Crippen LogP contribution in [0.25, 0.3) is 5.69 Å². The van der Waals surface area contributed by atoms with Crippen molar-refractivity contribution >= 4 is 17.7 Å². The maximum atomic E-state index is 11.8. The van der Waals surface area contributed by atoms with Crippen molar-refractivity contribution in [3.05, 3.63) is 70.9 Å². The smallest absolute Gasteiger partial charge is 0.410 e. The quantitative estimate of drug-likeness (QED) is 0.447. The third-order valence-corrected chi connectivity index (χ3v) is 2.97. The summed E-state index contributed by atoms with van der Waals surface area (Å²) in [6.07, 6.45) is 0.673. The Labute approximate surface area is 135 Å². The Bertz CT molecular complexity index is 861. The van der Waals surface area contributed by atoms with Crippen LogP contribution in [0.5, 0.6) is 5.75 Å². The zero-order valence-electron chi connectivity index (χ0n) is 12.2. The second kappa shape index (κ2) is 6.57. The molecule has 0 atom stereocenters. The number of nitrogens with one attached hydrogen (secondary N) is 1. The highest BCUT2D eigenvalue weighted by molar-refractivity contribution is 5.84. The number of ether oxygens (including phenoxy) is 1. The van der Waals surface area contributed by atoms with Crippen molar-refractivity contribution in [3.8, 4) is 11.4 Å². The summed E-state index contributed by atoms with van der Waals surface area (Å²) in [5.74, 6) is 0.249. The molecule has 2 aromatic carbocycles. The molecule has 1 N–H and O–H groups in total. The van der Waals surface area contributed by atoms with E-state index in [-0.39, 0.29) is 17.3 Å². The Morgan fingerprint density at radius 3 is 2.54 bits per heavy atom. The number of rotatable bonds is 4. The van der Waals surface area contributed by atoms with Crippen LogP contribution in [0.3, 0.4) is 0 Å². The van der Waals surface area contributed by atoms with Crippen molar-refractivity contribution in [2.24, 2.45) is 0 Å². The van der Waals surface area contributed by atoms with E-state index in [2.05, 4.69) is 10.6 Å². The number of nitro groups is 1. The molecule has 0 spiro atoms. The predicted octanol–water partition coefficient (Wildman–Crippen LogP) is 2.47. The fourth-order valence-corrected chi connectivity index (χ4v) is 1.87. The summed E-state index contributed by atoms with van der Waals surface area (Å²) < 4.78 is 11.4. The minimum Gasteiger partial charge on any atom is -0.410 e. The van der Waals surface area contributed by atoms with Crippen LogP contribution in [0.4, 0.5) is 16.4 Å². The molecule has 0 radical (unpaired) electrons. The fraction of sp³-hybridized carbons (Fsp3) is 0. The van der Waals surface area contributed by atoms with Crippen LogP contribution in [0.15, 0.2) is 65.3 Å². The number of nitrogens with zero attached hydrogens (tertiary/aromatic N) is 3. The minimum atomic E-state index is -0.805. The molecule has 0 aliphatic heterocycles. The molecule has 3 rings (SSSR count). The summed E-state index contributed by atoms with van der Waals surface area (Å²) in [6.45, 7) is 0. The Kier molecular flexibility index (Phi) is 4.15. The number of carbonyl (C=O) groups is 1. The molecule has 9 heteroatoms. The maximum Gasteiger partial charge on any atom is 0.419 e. The first-order valence-electron chi connectivity index (χ1n) is 6.79. The normalized spacial score (nSPS) is 10.2. The molecular weight excluding hydrogens is 316 g/mol. The van der Waals surface area contributed by atoms with Gasteiger partial charge in [0, 0.05) is 24.3 Å². The first-order chi connectivity index (χ1) is 11.6. The molecule has 0 fully saturated rings. The fourth-order valence-electron chi connectivity index (χ4n) is 1.87. The van der Waals surface area contributed by atoms with Gasteiger partial charge in [-0.25, -0.2) is 4.79 Å². The highest BCUT2D eigenvalue weighted by atomic mass is 16.6. The number of hydrogen-bond donors (Lipinski definition) is 1. The molecule has 24 heavy (non-hydrogen) atoms. The number of amides is 1. The summed E-state index contributed by atoms with van der Waals surface area (Å²) in [5.41, 5.74) is 0.667. The standard InChI is InChI=1S/C15H10N4O5/c20-15(23-13-8-6-12(7-9-13)19(21)22)16-14-10-18(17-24-14)11-4-2-1-3-5-11/h1-10H/p+1. The van der Waals surface area contributed by atoms with E-state index in [1.165, 1.54) is 35.1 Å². The maximum absolute atomic E-state index is 11.8. The van der Waals surface area contributed by atoms with E-state index in [1.54, 1.807) is 0 Å². The van der Waals surface area contributed by atoms with Gasteiger partial charge in [0.25, 0.3) is 11.9 Å². The molecule has 120 valence electrons. The lowest BCUT2D eigenvalue weighted by molar-refractivity contribution is -0.670. The largest absolute Gasteiger partial charge is 0.419 e. The van der Waals surface area contributed by atoms with E-state index < -0.39 is 11.0 Å². The topological polar surface area (TPSA) is 111 Å². The molecule has 1 aromatic heterocycles. The SMILES string of the molecule is O=C(Nc1c[n+](-c2ccccc2)no1)Oc1ccc([N+](=O)[O-])cc1. The van der Waals surface area contributed by atoms with Crippen molar-refractivity contribution in [1.82, 2.24) is 5.27 Å². The van der Waals surface area contributed by atoms with Crippen molar-refractivity contribution in [2.45, 2.75) is 0 Å². The molecule has 0 aliphatic rings. The predicted molar refractivity (Wildman–Crippen MR) is 80.8 cm³/mol. The molecular formula is C15H11N4O5+. The number of carbonyl (C=O) groups excluding carboxylic acids is 1. The van der Waals surface area contributed by atoms with Crippen LogP contribution in [0, 0.1) is 10.1 Å². The van der Waals surface area contributed by atoms with Crippen LogP contribution in [-0.2, 0) is 0 Å². The van der Waals surface area contributed by atoms with Gasteiger partial charge in [-0.3, -0.25) is 20.0 Å². The van der Waals surface area contributed by atoms with Gasteiger partial charge in [0.2, 0.25) is 11.0 Å². The molecule has 0 aliphatic carbocycles. The monoisotopic (exact) mass is 327 g/mol. The highest BCUT2D eigenvalue weighted by Crippen LogP contribution is 2.17. The van der Waals surface area contributed by atoms with Gasteiger partial charge in [0.15, 0.2) is 0 Å². The van der Waals surface area contributed by atoms with Crippen molar-refractivity contribution < 1.29 is 23.7 Å². The lowest BCUT2D eigenvalue weighted by Gasteiger charge is -2.02. The third kappa shape index (κ3) is 3.53. The summed E-state index contributed by atoms with van der Waals surface area (Å²) in [7, 11) is 0. The van der Waals surface area contributed by atoms with E-state index in [0.717, 1.165) is 5.69 Å². The van der Waals surface area contributed by atoms with Gasteiger partial charge in [-0.05, 0) is 16.8 Å². The second-order valence-electron chi connectivity index (χ2n) is 4.61. The van der Waals surface area contributed by atoms with E-state index in [4.69, 9.17) is 9.26 Å². The zero-order chi connectivity index (χ0) is 16.9. The highest BCUT2D eigenvalue weighted by Gasteiger charge is 2.17. The summed E-state index contributed by atoms with van der Waals surface area (Å²) in [5, 5.41) is 16.7. The minimum absolute atomic E-state index is 0.0887. The number of anilines is 1.